The smallest absolute Gasteiger partial charge is 0.252 e. The van der Waals surface area contributed by atoms with Gasteiger partial charge >= 0.3 is 0 Å². The van der Waals surface area contributed by atoms with Crippen molar-refractivity contribution >= 4 is 11.9 Å². The fourth-order valence-corrected chi connectivity index (χ4v) is 1.56. The third-order valence-corrected chi connectivity index (χ3v) is 3.00. The number of amides is 1. The molecule has 80 valence electrons. The van der Waals surface area contributed by atoms with E-state index in [0.717, 1.165) is 6.42 Å². The van der Waals surface area contributed by atoms with Crippen molar-refractivity contribution in [2.75, 3.05) is 6.54 Å². The van der Waals surface area contributed by atoms with Gasteiger partial charge in [-0.3, -0.25) is 15.1 Å². The molecule has 0 saturated carbocycles. The van der Waals surface area contributed by atoms with Gasteiger partial charge in [0.2, 0.25) is 0 Å². The number of nitrogens with zero attached hydrogens (tertiary/aromatic N) is 1. The van der Waals surface area contributed by atoms with E-state index in [1.165, 1.54) is 0 Å². The lowest BCUT2D eigenvalue weighted by atomic mass is 9.85. The third kappa shape index (κ3) is 1.74. The van der Waals surface area contributed by atoms with Gasteiger partial charge in [0.15, 0.2) is 5.96 Å². The van der Waals surface area contributed by atoms with Crippen LogP contribution in [-0.2, 0) is 4.79 Å². The molecule has 1 heterocycles. The van der Waals surface area contributed by atoms with Gasteiger partial charge in [-0.2, -0.15) is 0 Å². The van der Waals surface area contributed by atoms with Gasteiger partial charge in [0.1, 0.15) is 5.54 Å². The Bertz CT molecular complexity index is 262. The van der Waals surface area contributed by atoms with Crippen molar-refractivity contribution < 1.29 is 4.79 Å². The standard InChI is InChI=1S/C10H19N3O/c1-5-7(3)10(4)8(14)12-9(13-10)11-6-2/h7H,5-6H2,1-4H3,(H2,11,12,13,14). The Morgan fingerprint density at radius 2 is 2.14 bits per heavy atom. The molecule has 2 atom stereocenters. The maximum Gasteiger partial charge on any atom is 0.252 e. The quantitative estimate of drug-likeness (QED) is 0.706. The molecular formula is C10H19N3O. The first kappa shape index (κ1) is 11.0. The van der Waals surface area contributed by atoms with E-state index in [0.29, 0.717) is 18.4 Å². The molecule has 1 fully saturated rings. The molecule has 1 amide bonds. The first-order valence-corrected chi connectivity index (χ1v) is 5.18. The molecule has 4 nitrogen and oxygen atoms in total. The van der Waals surface area contributed by atoms with Crippen LogP contribution < -0.4 is 10.6 Å². The highest BCUT2D eigenvalue weighted by Gasteiger charge is 2.44. The largest absolute Gasteiger partial charge is 0.342 e. The third-order valence-electron chi connectivity index (χ3n) is 3.00. The minimum absolute atomic E-state index is 0.0269. The second kappa shape index (κ2) is 3.98. The zero-order valence-corrected chi connectivity index (χ0v) is 9.35. The van der Waals surface area contributed by atoms with Crippen LogP contribution in [0.15, 0.2) is 4.99 Å². The van der Waals surface area contributed by atoms with Crippen molar-refractivity contribution in [1.29, 1.82) is 0 Å². The fourth-order valence-electron chi connectivity index (χ4n) is 1.56. The van der Waals surface area contributed by atoms with E-state index in [-0.39, 0.29) is 5.91 Å². The Labute approximate surface area is 85.2 Å². The summed E-state index contributed by atoms with van der Waals surface area (Å²) in [6.07, 6.45) is 0.969. The average Bonchev–Trinajstić information content (AvgIpc) is 2.43. The van der Waals surface area contributed by atoms with Crippen LogP contribution in [0.2, 0.25) is 0 Å². The normalized spacial score (nSPS) is 31.4. The first-order valence-electron chi connectivity index (χ1n) is 5.18. The zero-order chi connectivity index (χ0) is 10.8. The van der Waals surface area contributed by atoms with Gasteiger partial charge in [0, 0.05) is 6.54 Å². The molecular weight excluding hydrogens is 178 g/mol. The topological polar surface area (TPSA) is 53.5 Å². The summed E-state index contributed by atoms with van der Waals surface area (Å²) in [5, 5.41) is 5.92. The predicted octanol–water partition coefficient (Wildman–Crippen LogP) is 0.886. The molecule has 0 bridgehead atoms. The van der Waals surface area contributed by atoms with Gasteiger partial charge < -0.3 is 5.32 Å². The molecule has 4 heteroatoms. The van der Waals surface area contributed by atoms with E-state index in [4.69, 9.17) is 0 Å². The Hall–Kier alpha value is -1.06. The lowest BCUT2D eigenvalue weighted by Gasteiger charge is -2.27. The summed E-state index contributed by atoms with van der Waals surface area (Å²) in [6, 6.07) is 0. The monoisotopic (exact) mass is 197 g/mol. The van der Waals surface area contributed by atoms with Crippen LogP contribution in [0, 0.1) is 5.92 Å². The second-order valence-corrected chi connectivity index (χ2v) is 3.91. The average molecular weight is 197 g/mol. The van der Waals surface area contributed by atoms with Gasteiger partial charge in [-0.15, -0.1) is 0 Å². The number of carbonyl (C=O) groups is 1. The first-order chi connectivity index (χ1) is 6.54. The number of hydrogen-bond acceptors (Lipinski definition) is 2. The van der Waals surface area contributed by atoms with E-state index in [2.05, 4.69) is 29.5 Å². The molecule has 1 rings (SSSR count). The summed E-state index contributed by atoms with van der Waals surface area (Å²) in [7, 11) is 0. The summed E-state index contributed by atoms with van der Waals surface area (Å²) in [5.74, 6) is 0.936. The molecule has 14 heavy (non-hydrogen) atoms. The van der Waals surface area contributed by atoms with Crippen LogP contribution in [0.1, 0.15) is 34.1 Å². The molecule has 0 aromatic heterocycles. The van der Waals surface area contributed by atoms with Crippen LogP contribution >= 0.6 is 0 Å². The summed E-state index contributed by atoms with van der Waals surface area (Å²) < 4.78 is 0. The van der Waals surface area contributed by atoms with Crippen LogP contribution in [0.5, 0.6) is 0 Å². The highest BCUT2D eigenvalue weighted by atomic mass is 16.2. The van der Waals surface area contributed by atoms with Crippen molar-refractivity contribution in [3.05, 3.63) is 0 Å². The summed E-state index contributed by atoms with van der Waals surface area (Å²) in [5.41, 5.74) is -0.497. The highest BCUT2D eigenvalue weighted by molar-refractivity contribution is 6.08. The lowest BCUT2D eigenvalue weighted by Crippen LogP contribution is -2.49. The van der Waals surface area contributed by atoms with E-state index in [1.807, 2.05) is 13.8 Å². The molecule has 0 spiro atoms. The van der Waals surface area contributed by atoms with E-state index < -0.39 is 5.54 Å². The molecule has 2 N–H and O–H groups in total. The molecule has 1 saturated heterocycles. The minimum Gasteiger partial charge on any atom is -0.342 e. The summed E-state index contributed by atoms with van der Waals surface area (Å²) in [6.45, 7) is 8.70. The SMILES string of the molecule is CCN=C1NC(=O)C(C)(C(C)CC)N1. The van der Waals surface area contributed by atoms with Gasteiger partial charge in [-0.25, -0.2) is 0 Å². The number of aliphatic imine (C=N–C) groups is 1. The summed E-state index contributed by atoms with van der Waals surface area (Å²) >= 11 is 0. The molecule has 1 aliphatic rings. The molecule has 1 aliphatic heterocycles. The molecule has 0 aromatic carbocycles. The Morgan fingerprint density at radius 1 is 1.50 bits per heavy atom. The molecule has 0 aromatic rings. The second-order valence-electron chi connectivity index (χ2n) is 3.91. The van der Waals surface area contributed by atoms with Gasteiger partial charge in [0.25, 0.3) is 5.91 Å². The Balaban J connectivity index is 2.82. The maximum absolute atomic E-state index is 11.7. The van der Waals surface area contributed by atoms with Crippen molar-refractivity contribution in [2.24, 2.45) is 10.9 Å². The number of carbonyl (C=O) groups excluding carboxylic acids is 1. The maximum atomic E-state index is 11.7. The molecule has 0 aliphatic carbocycles. The molecule has 0 radical (unpaired) electrons. The van der Waals surface area contributed by atoms with Crippen LogP contribution in [0.4, 0.5) is 0 Å². The number of hydrogen-bond donors (Lipinski definition) is 2. The van der Waals surface area contributed by atoms with Gasteiger partial charge in [0.05, 0.1) is 0 Å². The van der Waals surface area contributed by atoms with Gasteiger partial charge in [-0.05, 0) is 19.8 Å². The van der Waals surface area contributed by atoms with Crippen LogP contribution in [0.3, 0.4) is 0 Å². The van der Waals surface area contributed by atoms with Crippen LogP contribution in [0.25, 0.3) is 0 Å². The van der Waals surface area contributed by atoms with Crippen molar-refractivity contribution in [2.45, 2.75) is 39.7 Å². The zero-order valence-electron chi connectivity index (χ0n) is 9.35. The summed E-state index contributed by atoms with van der Waals surface area (Å²) in [4.78, 5) is 15.9. The van der Waals surface area contributed by atoms with Gasteiger partial charge in [-0.1, -0.05) is 20.3 Å². The fraction of sp³-hybridized carbons (Fsp3) is 0.800. The van der Waals surface area contributed by atoms with E-state index >= 15 is 0 Å². The molecule has 2 unspecified atom stereocenters. The lowest BCUT2D eigenvalue weighted by molar-refractivity contribution is -0.125. The number of guanidine groups is 1. The van der Waals surface area contributed by atoms with Crippen molar-refractivity contribution in [3.8, 4) is 0 Å². The Morgan fingerprint density at radius 3 is 2.64 bits per heavy atom. The predicted molar refractivity (Wildman–Crippen MR) is 57.1 cm³/mol. The number of rotatable bonds is 3. The number of nitrogens with one attached hydrogen (secondary N) is 2. The Kier molecular flexibility index (Phi) is 3.13. The van der Waals surface area contributed by atoms with Crippen molar-refractivity contribution in [3.63, 3.8) is 0 Å². The van der Waals surface area contributed by atoms with Crippen LogP contribution in [-0.4, -0.2) is 24.0 Å². The van der Waals surface area contributed by atoms with E-state index in [1.54, 1.807) is 0 Å². The minimum atomic E-state index is -0.497. The van der Waals surface area contributed by atoms with E-state index in [9.17, 15) is 4.79 Å². The highest BCUT2D eigenvalue weighted by Crippen LogP contribution is 2.23. The van der Waals surface area contributed by atoms with Crippen molar-refractivity contribution in [1.82, 2.24) is 10.6 Å².